The van der Waals surface area contributed by atoms with E-state index in [-0.39, 0.29) is 19.1 Å². The smallest absolute Gasteiger partial charge is 0.249 e. The normalized spacial score (nSPS) is 13.8. The van der Waals surface area contributed by atoms with Crippen LogP contribution in [0.3, 0.4) is 0 Å². The fourth-order valence-electron chi connectivity index (χ4n) is 6.50. The molecule has 0 saturated heterocycles. The predicted octanol–water partition coefficient (Wildman–Crippen LogP) is 10.2. The summed E-state index contributed by atoms with van der Waals surface area (Å²) in [6.07, 6.45) is 34.7. The topological polar surface area (TPSA) is 92.8 Å². The summed E-state index contributed by atoms with van der Waals surface area (Å²) in [6, 6.07) is 0. The molecule has 0 aromatic rings. The molecule has 0 bridgehead atoms. The summed E-state index contributed by atoms with van der Waals surface area (Å²) in [5.74, 6) is -0.528. The van der Waals surface area contributed by atoms with Gasteiger partial charge in [-0.25, -0.2) is 0 Å². The molecule has 0 aliphatic carbocycles. The van der Waals surface area contributed by atoms with Crippen molar-refractivity contribution < 1.29 is 19.7 Å². The number of aliphatic hydroxyl groups is 2. The van der Waals surface area contributed by atoms with E-state index >= 15 is 0 Å². The van der Waals surface area contributed by atoms with E-state index < -0.39 is 11.5 Å². The zero-order valence-corrected chi connectivity index (χ0v) is 28.5. The van der Waals surface area contributed by atoms with Crippen LogP contribution in [-0.4, -0.2) is 41.5 Å². The first kappa shape index (κ1) is 41.4. The number of amides is 1. The molecule has 5 nitrogen and oxygen atoms in total. The summed E-state index contributed by atoms with van der Waals surface area (Å²) in [7, 11) is 0. The zero-order chi connectivity index (χ0) is 31.0. The number of primary amides is 1. The van der Waals surface area contributed by atoms with Crippen LogP contribution < -0.4 is 5.73 Å². The first-order chi connectivity index (χ1) is 20.6. The minimum Gasteiger partial charge on any atom is -0.396 e. The highest BCUT2D eigenvalue weighted by molar-refractivity contribution is 5.84. The number of carbonyl (C=O) groups is 1. The Morgan fingerprint density at radius 1 is 0.548 bits per heavy atom. The van der Waals surface area contributed by atoms with Crippen molar-refractivity contribution in [1.82, 2.24) is 0 Å². The minimum absolute atomic E-state index is 0.0154. The Morgan fingerprint density at radius 2 is 0.929 bits per heavy atom. The van der Waals surface area contributed by atoms with E-state index in [4.69, 9.17) is 10.5 Å². The summed E-state index contributed by atoms with van der Waals surface area (Å²) in [5, 5.41) is 19.4. The predicted molar refractivity (Wildman–Crippen MR) is 181 cm³/mol. The Labute approximate surface area is 262 Å². The van der Waals surface area contributed by atoms with Crippen molar-refractivity contribution >= 4 is 5.91 Å². The second kappa shape index (κ2) is 31.8. The molecule has 0 rings (SSSR count). The molecular weight excluding hydrogens is 522 g/mol. The molecule has 2 unspecified atom stereocenters. The summed E-state index contributed by atoms with van der Waals surface area (Å²) in [6.45, 7) is 5.10. The molecule has 0 aromatic carbocycles. The van der Waals surface area contributed by atoms with Gasteiger partial charge in [0.05, 0.1) is 0 Å². The lowest BCUT2D eigenvalue weighted by Gasteiger charge is -2.38. The van der Waals surface area contributed by atoms with Crippen molar-refractivity contribution in [2.75, 3.05) is 19.8 Å². The van der Waals surface area contributed by atoms with Gasteiger partial charge < -0.3 is 20.7 Å². The molecule has 0 aliphatic heterocycles. The van der Waals surface area contributed by atoms with Crippen LogP contribution in [0.4, 0.5) is 0 Å². The maximum absolute atomic E-state index is 12.9. The molecule has 0 radical (unpaired) electrons. The summed E-state index contributed by atoms with van der Waals surface area (Å²) in [4.78, 5) is 12.9. The third-order valence-electron chi connectivity index (χ3n) is 9.27. The van der Waals surface area contributed by atoms with Crippen LogP contribution >= 0.6 is 0 Å². The van der Waals surface area contributed by atoms with Gasteiger partial charge in [-0.3, -0.25) is 4.79 Å². The Balaban J connectivity index is 4.34. The van der Waals surface area contributed by atoms with Gasteiger partial charge in [-0.1, -0.05) is 168 Å². The SMILES string of the molecule is CCCCCCCCCCCCCCCCOC(CCCO)(C(N)=O)C(CCO)CCCCCCCCCCCCC. The van der Waals surface area contributed by atoms with Gasteiger partial charge >= 0.3 is 0 Å². The maximum atomic E-state index is 12.9. The van der Waals surface area contributed by atoms with Crippen molar-refractivity contribution in [2.24, 2.45) is 11.7 Å². The molecular formula is C37H75NO4. The number of hydrogen-bond donors (Lipinski definition) is 3. The average molecular weight is 598 g/mol. The first-order valence-corrected chi connectivity index (χ1v) is 18.7. The maximum Gasteiger partial charge on any atom is 0.249 e. The van der Waals surface area contributed by atoms with Crippen LogP contribution in [0.2, 0.25) is 0 Å². The third-order valence-corrected chi connectivity index (χ3v) is 9.27. The van der Waals surface area contributed by atoms with E-state index in [2.05, 4.69) is 13.8 Å². The second-order valence-electron chi connectivity index (χ2n) is 13.1. The van der Waals surface area contributed by atoms with Crippen LogP contribution in [0, 0.1) is 5.92 Å². The largest absolute Gasteiger partial charge is 0.396 e. The number of nitrogens with two attached hydrogens (primary N) is 1. The molecule has 42 heavy (non-hydrogen) atoms. The lowest BCUT2D eigenvalue weighted by atomic mass is 9.77. The molecule has 0 aliphatic rings. The highest BCUT2D eigenvalue weighted by Gasteiger charge is 2.44. The number of hydrogen-bond acceptors (Lipinski definition) is 4. The van der Waals surface area contributed by atoms with Crippen LogP contribution in [0.1, 0.15) is 200 Å². The highest BCUT2D eigenvalue weighted by atomic mass is 16.5. The van der Waals surface area contributed by atoms with E-state index in [1.165, 1.54) is 135 Å². The highest BCUT2D eigenvalue weighted by Crippen LogP contribution is 2.35. The van der Waals surface area contributed by atoms with Gasteiger partial charge in [-0.2, -0.15) is 0 Å². The number of ether oxygens (including phenoxy) is 1. The number of aliphatic hydroxyl groups excluding tert-OH is 2. The van der Waals surface area contributed by atoms with E-state index in [1.54, 1.807) is 0 Å². The van der Waals surface area contributed by atoms with Crippen LogP contribution in [0.5, 0.6) is 0 Å². The lowest BCUT2D eigenvalue weighted by Crippen LogP contribution is -2.53. The second-order valence-corrected chi connectivity index (χ2v) is 13.1. The molecule has 252 valence electrons. The van der Waals surface area contributed by atoms with E-state index in [0.717, 1.165) is 32.1 Å². The Kier molecular flexibility index (Phi) is 31.3. The number of carbonyl (C=O) groups excluding carboxylic acids is 1. The average Bonchev–Trinajstić information content (AvgIpc) is 2.99. The third kappa shape index (κ3) is 22.8. The van der Waals surface area contributed by atoms with Gasteiger partial charge in [0.25, 0.3) is 0 Å². The Hall–Kier alpha value is -0.650. The molecule has 0 saturated carbocycles. The summed E-state index contributed by atoms with van der Waals surface area (Å²) < 4.78 is 6.37. The van der Waals surface area contributed by atoms with Crippen molar-refractivity contribution in [3.8, 4) is 0 Å². The molecule has 5 heteroatoms. The van der Waals surface area contributed by atoms with E-state index in [9.17, 15) is 15.0 Å². The summed E-state index contributed by atoms with van der Waals surface area (Å²) in [5.41, 5.74) is 4.92. The number of rotatable bonds is 35. The Bertz CT molecular complexity index is 558. The first-order valence-electron chi connectivity index (χ1n) is 18.7. The Morgan fingerprint density at radius 3 is 1.29 bits per heavy atom. The van der Waals surface area contributed by atoms with Crippen LogP contribution in [0.25, 0.3) is 0 Å². The monoisotopic (exact) mass is 598 g/mol. The van der Waals surface area contributed by atoms with Crippen molar-refractivity contribution in [2.45, 2.75) is 206 Å². The zero-order valence-electron chi connectivity index (χ0n) is 28.5. The fourth-order valence-corrected chi connectivity index (χ4v) is 6.50. The minimum atomic E-state index is -1.08. The van der Waals surface area contributed by atoms with Gasteiger partial charge in [0.2, 0.25) is 5.91 Å². The van der Waals surface area contributed by atoms with Crippen molar-refractivity contribution in [3.05, 3.63) is 0 Å². The molecule has 0 heterocycles. The van der Waals surface area contributed by atoms with Gasteiger partial charge in [0, 0.05) is 19.8 Å². The quantitative estimate of drug-likeness (QED) is 0.0634. The molecule has 0 spiro atoms. The number of unbranched alkanes of at least 4 members (excludes halogenated alkanes) is 23. The molecule has 2 atom stereocenters. The molecule has 0 aromatic heterocycles. The van der Waals surface area contributed by atoms with Crippen molar-refractivity contribution in [3.63, 3.8) is 0 Å². The molecule has 1 amide bonds. The summed E-state index contributed by atoms with van der Waals surface area (Å²) >= 11 is 0. The lowest BCUT2D eigenvalue weighted by molar-refractivity contribution is -0.157. The van der Waals surface area contributed by atoms with Crippen LogP contribution in [0.15, 0.2) is 0 Å². The molecule has 4 N–H and O–H groups in total. The van der Waals surface area contributed by atoms with Gasteiger partial charge in [-0.15, -0.1) is 0 Å². The van der Waals surface area contributed by atoms with Crippen molar-refractivity contribution in [1.29, 1.82) is 0 Å². The van der Waals surface area contributed by atoms with E-state index in [0.29, 0.717) is 25.9 Å². The van der Waals surface area contributed by atoms with E-state index in [1.807, 2.05) is 0 Å². The van der Waals surface area contributed by atoms with Gasteiger partial charge in [-0.05, 0) is 38.0 Å². The van der Waals surface area contributed by atoms with Crippen LogP contribution in [-0.2, 0) is 9.53 Å². The standard InChI is InChI=1S/C37H75NO4/c1-3-5-7-9-11-13-15-16-17-19-21-23-25-27-34-42-37(36(38)41,31-28-32-39)35(30-33-40)29-26-24-22-20-18-14-12-10-8-6-4-2/h35,39-40H,3-34H2,1-2H3,(H2,38,41). The fraction of sp³-hybridized carbons (Fsp3) is 0.973. The molecule has 0 fully saturated rings. The van der Waals surface area contributed by atoms with Gasteiger partial charge in [0.1, 0.15) is 5.60 Å². The van der Waals surface area contributed by atoms with Gasteiger partial charge in [0.15, 0.2) is 0 Å².